The van der Waals surface area contributed by atoms with Crippen molar-refractivity contribution in [2.45, 2.75) is 26.1 Å². The SMILES string of the molecule is CC(C)NC(=S)N1CCN(c2[nH+]cc(C(F)(F)F)cc2Cl)CC1. The summed E-state index contributed by atoms with van der Waals surface area (Å²) >= 11 is 11.3. The molecule has 1 fully saturated rings. The smallest absolute Gasteiger partial charge is 0.360 e. The minimum absolute atomic E-state index is 0.0659. The van der Waals surface area contributed by atoms with Crippen molar-refractivity contribution in [3.05, 3.63) is 22.8 Å². The Bertz CT molecular complexity index is 572. The number of nitrogens with one attached hydrogen (secondary N) is 2. The van der Waals surface area contributed by atoms with Crippen molar-refractivity contribution in [1.29, 1.82) is 0 Å². The first-order chi connectivity index (χ1) is 10.7. The van der Waals surface area contributed by atoms with E-state index in [1.807, 2.05) is 23.6 Å². The molecule has 0 aromatic carbocycles. The average Bonchev–Trinajstić information content (AvgIpc) is 2.45. The third-order valence-corrected chi connectivity index (χ3v) is 4.16. The minimum Gasteiger partial charge on any atom is -0.360 e. The molecule has 0 aliphatic carbocycles. The highest BCUT2D eigenvalue weighted by atomic mass is 35.5. The molecule has 1 aromatic heterocycles. The first-order valence-corrected chi connectivity index (χ1v) is 8.06. The number of pyridine rings is 1. The predicted molar refractivity (Wildman–Crippen MR) is 87.7 cm³/mol. The number of anilines is 1. The van der Waals surface area contributed by atoms with E-state index in [2.05, 4.69) is 10.3 Å². The number of rotatable bonds is 2. The van der Waals surface area contributed by atoms with E-state index in [9.17, 15) is 13.2 Å². The van der Waals surface area contributed by atoms with Gasteiger partial charge in [0.1, 0.15) is 24.3 Å². The summed E-state index contributed by atoms with van der Waals surface area (Å²) < 4.78 is 38.0. The van der Waals surface area contributed by atoms with Gasteiger partial charge < -0.3 is 10.2 Å². The summed E-state index contributed by atoms with van der Waals surface area (Å²) in [6.45, 7) is 6.65. The van der Waals surface area contributed by atoms with Gasteiger partial charge in [-0.2, -0.15) is 13.2 Å². The Kier molecular flexibility index (Phi) is 5.57. The largest absolute Gasteiger partial charge is 0.419 e. The Morgan fingerprint density at radius 1 is 1.30 bits per heavy atom. The van der Waals surface area contributed by atoms with Crippen LogP contribution < -0.4 is 15.2 Å². The van der Waals surface area contributed by atoms with Gasteiger partial charge in [0.25, 0.3) is 5.82 Å². The van der Waals surface area contributed by atoms with Crippen LogP contribution in [0.15, 0.2) is 12.3 Å². The molecule has 0 atom stereocenters. The molecule has 128 valence electrons. The highest BCUT2D eigenvalue weighted by Crippen LogP contribution is 2.32. The molecule has 1 saturated heterocycles. The molecular formula is C14H19ClF3N4S+. The Morgan fingerprint density at radius 3 is 2.39 bits per heavy atom. The second-order valence-corrected chi connectivity index (χ2v) is 6.45. The number of hydrogen-bond donors (Lipinski definition) is 1. The van der Waals surface area contributed by atoms with Gasteiger partial charge in [0.05, 0.1) is 18.7 Å². The first kappa shape index (κ1) is 18.1. The van der Waals surface area contributed by atoms with Gasteiger partial charge in [-0.15, -0.1) is 0 Å². The van der Waals surface area contributed by atoms with Crippen LogP contribution in [0.2, 0.25) is 5.02 Å². The molecule has 2 rings (SSSR count). The second kappa shape index (κ2) is 7.09. The van der Waals surface area contributed by atoms with Crippen LogP contribution in [0.4, 0.5) is 19.0 Å². The number of aromatic nitrogens is 1. The van der Waals surface area contributed by atoms with Gasteiger partial charge in [-0.1, -0.05) is 11.6 Å². The van der Waals surface area contributed by atoms with Crippen LogP contribution in [0.25, 0.3) is 0 Å². The molecule has 23 heavy (non-hydrogen) atoms. The van der Waals surface area contributed by atoms with Gasteiger partial charge in [-0.25, -0.2) is 4.98 Å². The zero-order valence-electron chi connectivity index (χ0n) is 12.9. The van der Waals surface area contributed by atoms with Gasteiger partial charge >= 0.3 is 6.18 Å². The molecule has 0 radical (unpaired) electrons. The molecule has 0 spiro atoms. The Balaban J connectivity index is 2.02. The summed E-state index contributed by atoms with van der Waals surface area (Å²) in [7, 11) is 0. The van der Waals surface area contributed by atoms with Crippen LogP contribution in [0.1, 0.15) is 19.4 Å². The highest BCUT2D eigenvalue weighted by Gasteiger charge is 2.34. The maximum atomic E-state index is 12.7. The molecule has 0 amide bonds. The summed E-state index contributed by atoms with van der Waals surface area (Å²) in [5, 5.41) is 3.94. The topological polar surface area (TPSA) is 32.6 Å². The molecule has 1 aromatic rings. The maximum Gasteiger partial charge on any atom is 0.419 e. The number of nitrogens with zero attached hydrogens (tertiary/aromatic N) is 2. The molecule has 0 bridgehead atoms. The van der Waals surface area contributed by atoms with E-state index in [0.29, 0.717) is 37.1 Å². The van der Waals surface area contributed by atoms with Gasteiger partial charge in [0.15, 0.2) is 5.11 Å². The van der Waals surface area contributed by atoms with Crippen molar-refractivity contribution in [2.24, 2.45) is 0 Å². The van der Waals surface area contributed by atoms with Crippen molar-refractivity contribution < 1.29 is 18.2 Å². The van der Waals surface area contributed by atoms with Crippen LogP contribution in [-0.2, 0) is 6.18 Å². The van der Waals surface area contributed by atoms with Crippen LogP contribution >= 0.6 is 23.8 Å². The van der Waals surface area contributed by atoms with E-state index in [0.717, 1.165) is 12.3 Å². The summed E-state index contributed by atoms with van der Waals surface area (Å²) in [5.74, 6) is 0.502. The summed E-state index contributed by atoms with van der Waals surface area (Å²) in [6, 6.07) is 1.21. The molecule has 0 saturated carbocycles. The Hall–Kier alpha value is -1.28. The monoisotopic (exact) mass is 367 g/mol. The molecular weight excluding hydrogens is 349 g/mol. The van der Waals surface area contributed by atoms with Crippen molar-refractivity contribution in [1.82, 2.24) is 10.2 Å². The van der Waals surface area contributed by atoms with Crippen LogP contribution in [0.5, 0.6) is 0 Å². The molecule has 1 aliphatic rings. The van der Waals surface area contributed by atoms with Crippen molar-refractivity contribution >= 4 is 34.7 Å². The lowest BCUT2D eigenvalue weighted by molar-refractivity contribution is -0.367. The third kappa shape index (κ3) is 4.60. The number of alkyl halides is 3. The molecule has 9 heteroatoms. The molecule has 2 N–H and O–H groups in total. The summed E-state index contributed by atoms with van der Waals surface area (Å²) in [4.78, 5) is 6.64. The van der Waals surface area contributed by atoms with Crippen LogP contribution in [-0.4, -0.2) is 42.2 Å². The maximum absolute atomic E-state index is 12.7. The number of halogens is 4. The zero-order chi connectivity index (χ0) is 17.2. The molecule has 4 nitrogen and oxygen atoms in total. The van der Waals surface area contributed by atoms with Crippen molar-refractivity contribution in [2.75, 3.05) is 31.1 Å². The predicted octanol–water partition coefficient (Wildman–Crippen LogP) is 2.58. The van der Waals surface area contributed by atoms with E-state index < -0.39 is 11.7 Å². The van der Waals surface area contributed by atoms with E-state index in [4.69, 9.17) is 23.8 Å². The van der Waals surface area contributed by atoms with Crippen LogP contribution in [0.3, 0.4) is 0 Å². The summed E-state index contributed by atoms with van der Waals surface area (Å²) in [5.41, 5.74) is -0.785. The highest BCUT2D eigenvalue weighted by molar-refractivity contribution is 7.80. The standard InChI is InChI=1S/C14H18ClF3N4S/c1-9(2)20-13(23)22-5-3-21(4-6-22)12-11(15)7-10(8-19-12)14(16,17)18/h7-9H,3-6H2,1-2H3,(H,20,23)/p+1. The quantitative estimate of drug-likeness (QED) is 0.814. The van der Waals surface area contributed by atoms with E-state index >= 15 is 0 Å². The van der Waals surface area contributed by atoms with E-state index in [-0.39, 0.29) is 11.1 Å². The van der Waals surface area contributed by atoms with Crippen LogP contribution in [0, 0.1) is 0 Å². The number of H-pyrrole nitrogens is 1. The number of piperazine rings is 1. The number of thiocarbonyl (C=S) groups is 1. The number of aromatic amines is 1. The Labute approximate surface area is 143 Å². The molecule has 1 aliphatic heterocycles. The van der Waals surface area contributed by atoms with Gasteiger partial charge in [0.2, 0.25) is 0 Å². The molecule has 0 unspecified atom stereocenters. The average molecular weight is 368 g/mol. The third-order valence-electron chi connectivity index (χ3n) is 3.50. The fourth-order valence-corrected chi connectivity index (χ4v) is 3.05. The second-order valence-electron chi connectivity index (χ2n) is 5.66. The zero-order valence-corrected chi connectivity index (χ0v) is 14.4. The normalized spacial score (nSPS) is 16.0. The molecule has 2 heterocycles. The minimum atomic E-state index is -4.41. The lowest BCUT2D eigenvalue weighted by Crippen LogP contribution is -2.53. The van der Waals surface area contributed by atoms with Crippen molar-refractivity contribution in [3.63, 3.8) is 0 Å². The Morgan fingerprint density at radius 2 is 1.91 bits per heavy atom. The van der Waals surface area contributed by atoms with Gasteiger partial charge in [-0.05, 0) is 32.1 Å². The fourth-order valence-electron chi connectivity index (χ4n) is 2.34. The van der Waals surface area contributed by atoms with E-state index in [1.165, 1.54) is 0 Å². The first-order valence-electron chi connectivity index (χ1n) is 7.27. The summed E-state index contributed by atoms with van der Waals surface area (Å²) in [6.07, 6.45) is -3.47. The lowest BCUT2D eigenvalue weighted by atomic mass is 10.2. The lowest BCUT2D eigenvalue weighted by Gasteiger charge is -2.33. The van der Waals surface area contributed by atoms with E-state index in [1.54, 1.807) is 0 Å². The van der Waals surface area contributed by atoms with Gasteiger partial charge in [0, 0.05) is 6.04 Å². The fraction of sp³-hybridized carbons (Fsp3) is 0.571. The van der Waals surface area contributed by atoms with Gasteiger partial charge in [-0.3, -0.25) is 4.90 Å². The van der Waals surface area contributed by atoms with Crippen molar-refractivity contribution in [3.8, 4) is 0 Å². The number of hydrogen-bond acceptors (Lipinski definition) is 2.